The highest BCUT2D eigenvalue weighted by Gasteiger charge is 2.36. The molecule has 0 unspecified atom stereocenters. The van der Waals surface area contributed by atoms with Gasteiger partial charge in [0.2, 0.25) is 10.0 Å². The summed E-state index contributed by atoms with van der Waals surface area (Å²) in [4.78, 5) is 14.8. The predicted octanol–water partition coefficient (Wildman–Crippen LogP) is 2.16. The molecule has 4 rings (SSSR count). The molecule has 2 aromatic carbocycles. The van der Waals surface area contributed by atoms with E-state index in [4.69, 9.17) is 0 Å². The van der Waals surface area contributed by atoms with Crippen LogP contribution in [-0.2, 0) is 19.9 Å². The number of likely N-dealkylation sites (tertiary alicyclic amines) is 1. The van der Waals surface area contributed by atoms with Crippen molar-refractivity contribution in [1.29, 1.82) is 0 Å². The summed E-state index contributed by atoms with van der Waals surface area (Å²) in [5.41, 5.74) is 0.355. The third-order valence-electron chi connectivity index (χ3n) is 5.75. The van der Waals surface area contributed by atoms with Gasteiger partial charge in [-0.05, 0) is 55.7 Å². The summed E-state index contributed by atoms with van der Waals surface area (Å²) in [5, 5.41) is -0.640. The first kappa shape index (κ1) is 21.0. The van der Waals surface area contributed by atoms with Gasteiger partial charge in [0.05, 0.1) is 15.0 Å². The van der Waals surface area contributed by atoms with Gasteiger partial charge in [0.25, 0.3) is 5.91 Å². The number of benzene rings is 2. The van der Waals surface area contributed by atoms with E-state index in [1.165, 1.54) is 33.5 Å². The van der Waals surface area contributed by atoms with E-state index >= 15 is 0 Å². The minimum absolute atomic E-state index is 0.129. The molecule has 9 heteroatoms. The average molecular weight is 449 g/mol. The minimum Gasteiger partial charge on any atom is -0.337 e. The fourth-order valence-corrected chi connectivity index (χ4v) is 7.23. The van der Waals surface area contributed by atoms with Crippen LogP contribution in [0.4, 0.5) is 0 Å². The summed E-state index contributed by atoms with van der Waals surface area (Å²) in [7, 11) is -7.03. The lowest BCUT2D eigenvalue weighted by molar-refractivity contribution is 0.0793. The van der Waals surface area contributed by atoms with Crippen molar-refractivity contribution in [1.82, 2.24) is 9.21 Å². The molecule has 160 valence electrons. The van der Waals surface area contributed by atoms with Crippen LogP contribution in [0.15, 0.2) is 64.4 Å². The maximum atomic E-state index is 12.8. The Hall–Kier alpha value is -2.23. The Bertz CT molecular complexity index is 1120. The van der Waals surface area contributed by atoms with Crippen molar-refractivity contribution in [3.8, 4) is 0 Å². The fraction of sp³-hybridized carbons (Fsp3) is 0.381. The molecule has 0 radical (unpaired) electrons. The zero-order valence-electron chi connectivity index (χ0n) is 16.5. The topological polar surface area (TPSA) is 91.8 Å². The molecule has 0 aliphatic carbocycles. The lowest BCUT2D eigenvalue weighted by atomic mass is 10.2. The van der Waals surface area contributed by atoms with Crippen LogP contribution in [0.25, 0.3) is 0 Å². The second-order valence-corrected chi connectivity index (χ2v) is 11.8. The van der Waals surface area contributed by atoms with Crippen molar-refractivity contribution in [2.45, 2.75) is 34.3 Å². The first-order chi connectivity index (χ1) is 14.3. The Kier molecular flexibility index (Phi) is 5.69. The summed E-state index contributed by atoms with van der Waals surface area (Å²) >= 11 is 0. The number of sulfone groups is 1. The zero-order valence-corrected chi connectivity index (χ0v) is 18.1. The molecule has 0 aromatic heterocycles. The number of carbonyl (C=O) groups excluding carboxylic acids is 1. The van der Waals surface area contributed by atoms with Gasteiger partial charge in [-0.1, -0.05) is 18.2 Å². The number of amides is 1. The lowest BCUT2D eigenvalue weighted by Crippen LogP contribution is -2.32. The summed E-state index contributed by atoms with van der Waals surface area (Å²) in [5.74, 6) is -0.286. The van der Waals surface area contributed by atoms with E-state index in [-0.39, 0.29) is 22.2 Å². The third-order valence-corrected chi connectivity index (χ3v) is 9.85. The normalized spacial score (nSPS) is 20.5. The first-order valence-electron chi connectivity index (χ1n) is 9.98. The van der Waals surface area contributed by atoms with Gasteiger partial charge >= 0.3 is 0 Å². The molecular formula is C21H24N2O5S2. The molecule has 0 saturated carbocycles. The first-order valence-corrected chi connectivity index (χ1v) is 13.0. The lowest BCUT2D eigenvalue weighted by Gasteiger charge is -2.18. The van der Waals surface area contributed by atoms with Crippen LogP contribution in [-0.4, -0.2) is 63.4 Å². The highest BCUT2D eigenvalue weighted by molar-refractivity contribution is 7.92. The molecule has 0 spiro atoms. The van der Waals surface area contributed by atoms with Gasteiger partial charge in [-0.2, -0.15) is 4.31 Å². The van der Waals surface area contributed by atoms with Crippen LogP contribution in [0.1, 0.15) is 29.6 Å². The molecular weight excluding hydrogens is 424 g/mol. The maximum absolute atomic E-state index is 12.8. The number of hydrogen-bond acceptors (Lipinski definition) is 5. The van der Waals surface area contributed by atoms with E-state index in [2.05, 4.69) is 0 Å². The molecule has 2 heterocycles. The van der Waals surface area contributed by atoms with Gasteiger partial charge in [0.1, 0.15) is 0 Å². The molecule has 2 fully saturated rings. The largest absolute Gasteiger partial charge is 0.337 e. The molecule has 1 atom stereocenters. The predicted molar refractivity (Wildman–Crippen MR) is 112 cm³/mol. The highest BCUT2D eigenvalue weighted by Crippen LogP contribution is 2.26. The van der Waals surface area contributed by atoms with E-state index in [0.29, 0.717) is 31.6 Å². The Morgan fingerprint density at radius 3 is 2.07 bits per heavy atom. The van der Waals surface area contributed by atoms with E-state index in [9.17, 15) is 21.6 Å². The molecule has 0 bridgehead atoms. The van der Waals surface area contributed by atoms with Crippen molar-refractivity contribution >= 4 is 25.8 Å². The summed E-state index contributed by atoms with van der Waals surface area (Å²) in [6.45, 7) is 1.52. The van der Waals surface area contributed by atoms with Crippen molar-refractivity contribution in [2.75, 3.05) is 26.2 Å². The molecule has 1 amide bonds. The van der Waals surface area contributed by atoms with Crippen LogP contribution in [0.5, 0.6) is 0 Å². The summed E-state index contributed by atoms with van der Waals surface area (Å²) in [6, 6.07) is 14.2. The Morgan fingerprint density at radius 2 is 1.43 bits per heavy atom. The highest BCUT2D eigenvalue weighted by atomic mass is 32.2. The van der Waals surface area contributed by atoms with E-state index in [1.807, 2.05) is 0 Å². The zero-order chi connectivity index (χ0) is 21.4. The molecule has 2 aliphatic heterocycles. The van der Waals surface area contributed by atoms with Crippen LogP contribution in [0.3, 0.4) is 0 Å². The van der Waals surface area contributed by atoms with Crippen molar-refractivity contribution in [2.24, 2.45) is 0 Å². The van der Waals surface area contributed by atoms with Gasteiger partial charge in [0, 0.05) is 31.7 Å². The van der Waals surface area contributed by atoms with Crippen molar-refractivity contribution < 1.29 is 21.6 Å². The molecule has 2 saturated heterocycles. The van der Waals surface area contributed by atoms with Crippen LogP contribution in [0.2, 0.25) is 0 Å². The van der Waals surface area contributed by atoms with Crippen LogP contribution in [0, 0.1) is 0 Å². The Morgan fingerprint density at radius 1 is 0.800 bits per heavy atom. The van der Waals surface area contributed by atoms with Crippen LogP contribution >= 0.6 is 0 Å². The van der Waals surface area contributed by atoms with E-state index < -0.39 is 25.1 Å². The fourth-order valence-electron chi connectivity index (χ4n) is 4.00. The number of carbonyl (C=O) groups is 1. The molecule has 30 heavy (non-hydrogen) atoms. The summed E-state index contributed by atoms with van der Waals surface area (Å²) < 4.78 is 52.3. The maximum Gasteiger partial charge on any atom is 0.253 e. The number of hydrogen-bond donors (Lipinski definition) is 0. The van der Waals surface area contributed by atoms with Gasteiger partial charge in [-0.15, -0.1) is 0 Å². The molecule has 7 nitrogen and oxygen atoms in total. The SMILES string of the molecule is O=C(c1ccc(S(=O)(=O)N2CCCC2)cc1)N1CC[C@H](S(=O)(=O)c2ccccc2)C1. The van der Waals surface area contributed by atoms with E-state index in [1.54, 1.807) is 30.3 Å². The second kappa shape index (κ2) is 8.13. The standard InChI is InChI=1S/C21H24N2O5S2/c24-21(17-8-10-19(11-9-17)30(27,28)23-13-4-5-14-23)22-15-12-20(16-22)29(25,26)18-6-2-1-3-7-18/h1-3,6-11,20H,4-5,12-16H2/t20-/m0/s1. The summed E-state index contributed by atoms with van der Waals surface area (Å²) in [6.07, 6.45) is 2.10. The van der Waals surface area contributed by atoms with Gasteiger partial charge in [0.15, 0.2) is 9.84 Å². The van der Waals surface area contributed by atoms with Crippen LogP contribution < -0.4 is 0 Å². The van der Waals surface area contributed by atoms with E-state index in [0.717, 1.165) is 12.8 Å². The monoisotopic (exact) mass is 448 g/mol. The third kappa shape index (κ3) is 3.89. The molecule has 2 aromatic rings. The number of sulfonamides is 1. The van der Waals surface area contributed by atoms with Gasteiger partial charge in [-0.3, -0.25) is 4.79 Å². The molecule has 2 aliphatic rings. The number of nitrogens with zero attached hydrogens (tertiary/aromatic N) is 2. The van der Waals surface area contributed by atoms with Crippen molar-refractivity contribution in [3.05, 3.63) is 60.2 Å². The molecule has 0 N–H and O–H groups in total. The van der Waals surface area contributed by atoms with Crippen molar-refractivity contribution in [3.63, 3.8) is 0 Å². The average Bonchev–Trinajstić information content (AvgIpc) is 3.47. The smallest absolute Gasteiger partial charge is 0.253 e. The quantitative estimate of drug-likeness (QED) is 0.699. The second-order valence-electron chi connectivity index (χ2n) is 7.66. The Balaban J connectivity index is 1.47. The van der Waals surface area contributed by atoms with Gasteiger partial charge < -0.3 is 4.90 Å². The van der Waals surface area contributed by atoms with Gasteiger partial charge in [-0.25, -0.2) is 16.8 Å². The Labute approximate surface area is 177 Å². The number of rotatable bonds is 5. The minimum atomic E-state index is -3.53.